The molecule has 4 aromatic carbocycles. The van der Waals surface area contributed by atoms with Crippen LogP contribution in [-0.4, -0.2) is 0 Å². The van der Waals surface area contributed by atoms with Gasteiger partial charge in [-0.25, -0.2) is 0 Å². The van der Waals surface area contributed by atoms with Crippen LogP contribution in [0.15, 0.2) is 48.5 Å². The molecule has 2 nitrogen and oxygen atoms in total. The minimum Gasteiger partial charge on any atom is -0.399 e. The summed E-state index contributed by atoms with van der Waals surface area (Å²) in [4.78, 5) is 0. The van der Waals surface area contributed by atoms with Gasteiger partial charge in [-0.05, 0) is 45.1 Å². The summed E-state index contributed by atoms with van der Waals surface area (Å²) in [6.45, 7) is 0. The zero-order valence-electron chi connectivity index (χ0n) is 9.77. The van der Waals surface area contributed by atoms with Gasteiger partial charge >= 0.3 is 0 Å². The molecule has 0 saturated carbocycles. The second-order valence-corrected chi connectivity index (χ2v) is 4.78. The Bertz CT molecular complexity index is 894. The highest BCUT2D eigenvalue weighted by Crippen LogP contribution is 2.38. The van der Waals surface area contributed by atoms with Crippen LogP contribution in [0.2, 0.25) is 0 Å². The number of nitrogens with two attached hydrogens (primary N) is 2. The molecule has 86 valence electrons. The Morgan fingerprint density at radius 3 is 2.33 bits per heavy atom. The Morgan fingerprint density at radius 1 is 0.667 bits per heavy atom. The lowest BCUT2D eigenvalue weighted by Gasteiger charge is -2.13. The molecule has 0 unspecified atom stereocenters. The fourth-order valence-corrected chi connectivity index (χ4v) is 2.90. The molecule has 4 N–H and O–H groups in total. The van der Waals surface area contributed by atoms with Gasteiger partial charge in [0.25, 0.3) is 0 Å². The van der Waals surface area contributed by atoms with Crippen molar-refractivity contribution in [1.29, 1.82) is 0 Å². The summed E-state index contributed by atoms with van der Waals surface area (Å²) in [6.07, 6.45) is 0. The van der Waals surface area contributed by atoms with E-state index in [1.54, 1.807) is 0 Å². The summed E-state index contributed by atoms with van der Waals surface area (Å²) < 4.78 is 0. The Hall–Kier alpha value is -2.48. The second-order valence-electron chi connectivity index (χ2n) is 4.78. The van der Waals surface area contributed by atoms with Gasteiger partial charge < -0.3 is 11.5 Å². The van der Waals surface area contributed by atoms with E-state index < -0.39 is 0 Å². The van der Waals surface area contributed by atoms with Crippen molar-refractivity contribution in [3.8, 4) is 0 Å². The summed E-state index contributed by atoms with van der Waals surface area (Å²) in [5.74, 6) is 0. The van der Waals surface area contributed by atoms with Crippen LogP contribution in [0.3, 0.4) is 0 Å². The quantitative estimate of drug-likeness (QED) is 0.358. The standard InChI is InChI=1S/C16H12N2/c17-12-6-10-5-4-9-2-1-3-13-14(18)8-11(7-12)15(10)16(9)13/h1-8H,17-18H2. The molecule has 4 rings (SSSR count). The number of hydrogen-bond acceptors (Lipinski definition) is 2. The average Bonchev–Trinajstić information content (AvgIpc) is 2.36. The molecule has 18 heavy (non-hydrogen) atoms. The summed E-state index contributed by atoms with van der Waals surface area (Å²) >= 11 is 0. The summed E-state index contributed by atoms with van der Waals surface area (Å²) in [5, 5.41) is 7.13. The molecule has 0 aliphatic heterocycles. The van der Waals surface area contributed by atoms with E-state index in [4.69, 9.17) is 11.5 Å². The molecule has 0 spiro atoms. The van der Waals surface area contributed by atoms with E-state index >= 15 is 0 Å². The first-order valence-electron chi connectivity index (χ1n) is 5.96. The zero-order chi connectivity index (χ0) is 12.3. The highest BCUT2D eigenvalue weighted by atomic mass is 14.6. The number of hydrogen-bond donors (Lipinski definition) is 2. The largest absolute Gasteiger partial charge is 0.399 e. The fraction of sp³-hybridized carbons (Fsp3) is 0. The lowest BCUT2D eigenvalue weighted by molar-refractivity contribution is 1.75. The maximum absolute atomic E-state index is 6.15. The van der Waals surface area contributed by atoms with E-state index in [0.717, 1.165) is 22.1 Å². The fourth-order valence-electron chi connectivity index (χ4n) is 2.90. The summed E-state index contributed by atoms with van der Waals surface area (Å²) in [7, 11) is 0. The van der Waals surface area contributed by atoms with Gasteiger partial charge in [0.15, 0.2) is 0 Å². The minimum atomic E-state index is 0.778. The Kier molecular flexibility index (Phi) is 1.61. The molecule has 0 aliphatic rings. The van der Waals surface area contributed by atoms with Crippen LogP contribution in [0.4, 0.5) is 11.4 Å². The molecule has 0 heterocycles. The second kappa shape index (κ2) is 3.05. The predicted molar refractivity (Wildman–Crippen MR) is 79.0 cm³/mol. The van der Waals surface area contributed by atoms with Crippen molar-refractivity contribution in [2.45, 2.75) is 0 Å². The van der Waals surface area contributed by atoms with Crippen LogP contribution in [0, 0.1) is 0 Å². The van der Waals surface area contributed by atoms with Gasteiger partial charge in [-0.15, -0.1) is 0 Å². The summed E-state index contributed by atoms with van der Waals surface area (Å²) in [6, 6.07) is 16.5. The molecular formula is C16H12N2. The normalized spacial score (nSPS) is 11.8. The molecule has 0 saturated heterocycles. The van der Waals surface area contributed by atoms with Crippen LogP contribution >= 0.6 is 0 Å². The third kappa shape index (κ3) is 1.07. The first-order valence-corrected chi connectivity index (χ1v) is 5.96. The SMILES string of the molecule is Nc1cc2ccc3cccc4c(N)cc(c1)c2c34. The van der Waals surface area contributed by atoms with Crippen LogP contribution in [0.25, 0.3) is 32.3 Å². The van der Waals surface area contributed by atoms with Crippen LogP contribution in [-0.2, 0) is 0 Å². The maximum atomic E-state index is 6.15. The third-order valence-electron chi connectivity index (χ3n) is 3.63. The van der Waals surface area contributed by atoms with Crippen molar-refractivity contribution in [2.75, 3.05) is 11.5 Å². The van der Waals surface area contributed by atoms with Gasteiger partial charge in [0, 0.05) is 16.8 Å². The number of benzene rings is 4. The van der Waals surface area contributed by atoms with Crippen molar-refractivity contribution >= 4 is 43.7 Å². The topological polar surface area (TPSA) is 52.0 Å². The van der Waals surface area contributed by atoms with Crippen LogP contribution < -0.4 is 11.5 Å². The first-order chi connectivity index (χ1) is 8.74. The predicted octanol–water partition coefficient (Wildman–Crippen LogP) is 3.75. The molecule has 4 aromatic rings. The molecule has 2 heteroatoms. The number of rotatable bonds is 0. The maximum Gasteiger partial charge on any atom is 0.0400 e. The van der Waals surface area contributed by atoms with E-state index in [1.165, 1.54) is 21.5 Å². The van der Waals surface area contributed by atoms with Crippen molar-refractivity contribution in [1.82, 2.24) is 0 Å². The van der Waals surface area contributed by atoms with E-state index in [0.29, 0.717) is 0 Å². The van der Waals surface area contributed by atoms with E-state index in [-0.39, 0.29) is 0 Å². The highest BCUT2D eigenvalue weighted by Gasteiger charge is 2.10. The van der Waals surface area contributed by atoms with Crippen molar-refractivity contribution < 1.29 is 0 Å². The van der Waals surface area contributed by atoms with E-state index in [1.807, 2.05) is 24.3 Å². The Balaban J connectivity index is 2.46. The van der Waals surface area contributed by atoms with Gasteiger partial charge in [-0.2, -0.15) is 0 Å². The van der Waals surface area contributed by atoms with Gasteiger partial charge in [0.1, 0.15) is 0 Å². The smallest absolute Gasteiger partial charge is 0.0400 e. The molecule has 0 fully saturated rings. The molecule has 0 amide bonds. The third-order valence-corrected chi connectivity index (χ3v) is 3.63. The van der Waals surface area contributed by atoms with Gasteiger partial charge in [-0.1, -0.05) is 30.3 Å². The zero-order valence-corrected chi connectivity index (χ0v) is 9.77. The highest BCUT2D eigenvalue weighted by molar-refractivity contribution is 6.26. The molecule has 0 aliphatic carbocycles. The monoisotopic (exact) mass is 232 g/mol. The molecule has 0 bridgehead atoms. The Labute approximate surface area is 104 Å². The molecular weight excluding hydrogens is 220 g/mol. The van der Waals surface area contributed by atoms with Crippen molar-refractivity contribution in [3.63, 3.8) is 0 Å². The number of nitrogen functional groups attached to an aromatic ring is 2. The average molecular weight is 232 g/mol. The number of anilines is 2. The van der Waals surface area contributed by atoms with Gasteiger partial charge in [0.05, 0.1) is 0 Å². The summed E-state index contributed by atoms with van der Waals surface area (Å²) in [5.41, 5.74) is 13.7. The van der Waals surface area contributed by atoms with E-state index in [9.17, 15) is 0 Å². The lowest BCUT2D eigenvalue weighted by Crippen LogP contribution is -1.92. The van der Waals surface area contributed by atoms with E-state index in [2.05, 4.69) is 24.3 Å². The molecule has 0 radical (unpaired) electrons. The van der Waals surface area contributed by atoms with Gasteiger partial charge in [0.2, 0.25) is 0 Å². The van der Waals surface area contributed by atoms with Crippen LogP contribution in [0.1, 0.15) is 0 Å². The molecule has 0 aromatic heterocycles. The van der Waals surface area contributed by atoms with Crippen molar-refractivity contribution in [2.24, 2.45) is 0 Å². The van der Waals surface area contributed by atoms with Crippen molar-refractivity contribution in [3.05, 3.63) is 48.5 Å². The van der Waals surface area contributed by atoms with Crippen LogP contribution in [0.5, 0.6) is 0 Å². The minimum absolute atomic E-state index is 0.778. The Morgan fingerprint density at radius 2 is 1.44 bits per heavy atom. The lowest BCUT2D eigenvalue weighted by atomic mass is 9.93. The molecule has 0 atom stereocenters. The van der Waals surface area contributed by atoms with Gasteiger partial charge in [-0.3, -0.25) is 0 Å². The first kappa shape index (κ1) is 9.54.